The van der Waals surface area contributed by atoms with Crippen molar-refractivity contribution < 1.29 is 9.53 Å². The number of rotatable bonds is 3. The highest BCUT2D eigenvalue weighted by atomic mass is 16.5. The molecule has 20 heavy (non-hydrogen) atoms. The van der Waals surface area contributed by atoms with E-state index in [-0.39, 0.29) is 17.5 Å². The molecular formula is C16H24N2O2. The first-order chi connectivity index (χ1) is 9.26. The summed E-state index contributed by atoms with van der Waals surface area (Å²) in [5.41, 5.74) is 8.19. The fraction of sp³-hybridized carbons (Fsp3) is 0.562. The molecule has 0 radical (unpaired) electrons. The van der Waals surface area contributed by atoms with Gasteiger partial charge in [0.05, 0.1) is 0 Å². The van der Waals surface area contributed by atoms with Gasteiger partial charge < -0.3 is 15.8 Å². The lowest BCUT2D eigenvalue weighted by Crippen LogP contribution is -2.46. The van der Waals surface area contributed by atoms with Crippen LogP contribution in [0.5, 0.6) is 5.75 Å². The van der Waals surface area contributed by atoms with E-state index in [1.807, 2.05) is 39.0 Å². The third-order valence-electron chi connectivity index (χ3n) is 3.42. The summed E-state index contributed by atoms with van der Waals surface area (Å²) in [4.78, 5) is 12.0. The Morgan fingerprint density at radius 1 is 1.45 bits per heavy atom. The molecule has 110 valence electrons. The van der Waals surface area contributed by atoms with E-state index < -0.39 is 6.10 Å². The van der Waals surface area contributed by atoms with Crippen LogP contribution in [0, 0.1) is 0 Å². The van der Waals surface area contributed by atoms with Crippen LogP contribution in [0.2, 0.25) is 0 Å². The molecule has 2 atom stereocenters. The maximum absolute atomic E-state index is 12.0. The van der Waals surface area contributed by atoms with Gasteiger partial charge in [-0.25, -0.2) is 0 Å². The molecule has 4 heteroatoms. The van der Waals surface area contributed by atoms with Crippen LogP contribution in [0.1, 0.15) is 51.3 Å². The van der Waals surface area contributed by atoms with Gasteiger partial charge in [-0.1, -0.05) is 6.07 Å². The largest absolute Gasteiger partial charge is 0.481 e. The maximum atomic E-state index is 12.0. The zero-order chi connectivity index (χ0) is 14.9. The monoisotopic (exact) mass is 276 g/mol. The summed E-state index contributed by atoms with van der Waals surface area (Å²) in [6.45, 7) is 7.62. The second-order valence-corrected chi connectivity index (χ2v) is 6.51. The van der Waals surface area contributed by atoms with Gasteiger partial charge >= 0.3 is 0 Å². The molecule has 4 nitrogen and oxygen atoms in total. The highest BCUT2D eigenvalue weighted by Crippen LogP contribution is 2.32. The van der Waals surface area contributed by atoms with Crippen molar-refractivity contribution in [2.45, 2.75) is 58.2 Å². The molecule has 2 rings (SSSR count). The van der Waals surface area contributed by atoms with Crippen LogP contribution in [-0.4, -0.2) is 17.6 Å². The van der Waals surface area contributed by atoms with Crippen LogP contribution in [0.3, 0.4) is 0 Å². The molecule has 1 amide bonds. The second kappa shape index (κ2) is 5.44. The molecule has 0 fully saturated rings. The summed E-state index contributed by atoms with van der Waals surface area (Å²) in [6, 6.07) is 6.05. The van der Waals surface area contributed by atoms with Gasteiger partial charge in [-0.15, -0.1) is 0 Å². The van der Waals surface area contributed by atoms with Gasteiger partial charge in [0.25, 0.3) is 5.91 Å². The van der Waals surface area contributed by atoms with Crippen molar-refractivity contribution in [3.05, 3.63) is 29.3 Å². The molecule has 0 saturated heterocycles. The van der Waals surface area contributed by atoms with E-state index >= 15 is 0 Å². The minimum atomic E-state index is -0.512. The number of aryl methyl sites for hydroxylation is 1. The SMILES string of the molecule is CC(Oc1ccc2c(c1)CC[C@H]2N)C(=O)NC(C)(C)C. The van der Waals surface area contributed by atoms with E-state index in [9.17, 15) is 4.79 Å². The number of hydrogen-bond donors (Lipinski definition) is 2. The zero-order valence-corrected chi connectivity index (χ0v) is 12.7. The number of benzene rings is 1. The number of ether oxygens (including phenoxy) is 1. The minimum absolute atomic E-state index is 0.102. The molecule has 1 aliphatic carbocycles. The number of amides is 1. The van der Waals surface area contributed by atoms with Gasteiger partial charge in [-0.3, -0.25) is 4.79 Å². The summed E-state index contributed by atoms with van der Waals surface area (Å²) in [5, 5.41) is 2.91. The van der Waals surface area contributed by atoms with Crippen molar-refractivity contribution in [1.29, 1.82) is 0 Å². The lowest BCUT2D eigenvalue weighted by Gasteiger charge is -2.23. The van der Waals surface area contributed by atoms with Crippen molar-refractivity contribution in [3.8, 4) is 5.75 Å². The number of fused-ring (bicyclic) bond motifs is 1. The first-order valence-electron chi connectivity index (χ1n) is 7.13. The fourth-order valence-corrected chi connectivity index (χ4v) is 2.43. The Labute approximate surface area is 120 Å². The molecule has 0 aromatic heterocycles. The molecular weight excluding hydrogens is 252 g/mol. The molecule has 1 aliphatic rings. The van der Waals surface area contributed by atoms with Crippen LogP contribution < -0.4 is 15.8 Å². The van der Waals surface area contributed by atoms with E-state index in [4.69, 9.17) is 10.5 Å². The van der Waals surface area contributed by atoms with Gasteiger partial charge in [-0.2, -0.15) is 0 Å². The summed E-state index contributed by atoms with van der Waals surface area (Å²) in [5.74, 6) is 0.629. The predicted octanol–water partition coefficient (Wildman–Crippen LogP) is 2.31. The number of carbonyl (C=O) groups excluding carboxylic acids is 1. The quantitative estimate of drug-likeness (QED) is 0.890. The first kappa shape index (κ1) is 14.9. The molecule has 0 saturated carbocycles. The van der Waals surface area contributed by atoms with Gasteiger partial charge in [0.1, 0.15) is 5.75 Å². The van der Waals surface area contributed by atoms with E-state index in [2.05, 4.69) is 5.32 Å². The smallest absolute Gasteiger partial charge is 0.261 e. The third kappa shape index (κ3) is 3.51. The van der Waals surface area contributed by atoms with Gasteiger partial charge in [0.15, 0.2) is 6.10 Å². The minimum Gasteiger partial charge on any atom is -0.481 e. The lowest BCUT2D eigenvalue weighted by molar-refractivity contribution is -0.128. The Balaban J connectivity index is 2.02. The van der Waals surface area contributed by atoms with Crippen molar-refractivity contribution in [1.82, 2.24) is 5.32 Å². The number of carbonyl (C=O) groups is 1. The van der Waals surface area contributed by atoms with E-state index in [0.717, 1.165) is 18.6 Å². The fourth-order valence-electron chi connectivity index (χ4n) is 2.43. The van der Waals surface area contributed by atoms with Crippen LogP contribution in [0.15, 0.2) is 18.2 Å². The Kier molecular flexibility index (Phi) is 4.04. The lowest BCUT2D eigenvalue weighted by atomic mass is 10.1. The van der Waals surface area contributed by atoms with Crippen molar-refractivity contribution in [3.63, 3.8) is 0 Å². The molecule has 1 aromatic carbocycles. The second-order valence-electron chi connectivity index (χ2n) is 6.51. The van der Waals surface area contributed by atoms with Crippen LogP contribution >= 0.6 is 0 Å². The maximum Gasteiger partial charge on any atom is 0.261 e. The molecule has 0 aliphatic heterocycles. The summed E-state index contributed by atoms with van der Waals surface area (Å²) < 4.78 is 5.73. The van der Waals surface area contributed by atoms with E-state index in [1.54, 1.807) is 6.92 Å². The average Bonchev–Trinajstić information content (AvgIpc) is 2.68. The van der Waals surface area contributed by atoms with Crippen molar-refractivity contribution >= 4 is 5.91 Å². The Morgan fingerprint density at radius 2 is 2.15 bits per heavy atom. The molecule has 1 unspecified atom stereocenters. The predicted molar refractivity (Wildman–Crippen MR) is 79.7 cm³/mol. The van der Waals surface area contributed by atoms with Crippen LogP contribution in [0.25, 0.3) is 0 Å². The standard InChI is InChI=1S/C16H24N2O2/c1-10(15(19)18-16(2,3)4)20-12-6-7-13-11(9-12)5-8-14(13)17/h6-7,9-10,14H,5,8,17H2,1-4H3,(H,18,19)/t10?,14-/m1/s1. The molecule has 0 spiro atoms. The Bertz CT molecular complexity index is 506. The van der Waals surface area contributed by atoms with E-state index in [0.29, 0.717) is 0 Å². The summed E-state index contributed by atoms with van der Waals surface area (Å²) >= 11 is 0. The topological polar surface area (TPSA) is 64.3 Å². The van der Waals surface area contributed by atoms with Crippen molar-refractivity contribution in [2.24, 2.45) is 5.73 Å². The molecule has 1 aromatic rings. The Morgan fingerprint density at radius 3 is 2.80 bits per heavy atom. The summed E-state index contributed by atoms with van der Waals surface area (Å²) in [6.07, 6.45) is 1.46. The highest BCUT2D eigenvalue weighted by molar-refractivity contribution is 5.81. The average molecular weight is 276 g/mol. The molecule has 0 bridgehead atoms. The van der Waals surface area contributed by atoms with Crippen LogP contribution in [0.4, 0.5) is 0 Å². The first-order valence-corrected chi connectivity index (χ1v) is 7.13. The van der Waals surface area contributed by atoms with Gasteiger partial charge in [0.2, 0.25) is 0 Å². The normalized spacial score (nSPS) is 19.4. The van der Waals surface area contributed by atoms with E-state index in [1.165, 1.54) is 11.1 Å². The van der Waals surface area contributed by atoms with Crippen LogP contribution in [-0.2, 0) is 11.2 Å². The number of hydrogen-bond acceptors (Lipinski definition) is 3. The highest BCUT2D eigenvalue weighted by Gasteiger charge is 2.22. The third-order valence-corrected chi connectivity index (χ3v) is 3.42. The van der Waals surface area contributed by atoms with Gasteiger partial charge in [0, 0.05) is 11.6 Å². The zero-order valence-electron chi connectivity index (χ0n) is 12.7. The number of nitrogens with two attached hydrogens (primary N) is 1. The van der Waals surface area contributed by atoms with Gasteiger partial charge in [-0.05, 0) is 63.8 Å². The van der Waals surface area contributed by atoms with Crippen molar-refractivity contribution in [2.75, 3.05) is 0 Å². The molecule has 3 N–H and O–H groups in total. The molecule has 0 heterocycles. The number of nitrogens with one attached hydrogen (secondary N) is 1. The summed E-state index contributed by atoms with van der Waals surface area (Å²) in [7, 11) is 0. The Hall–Kier alpha value is -1.55.